The molecule has 0 unspecified atom stereocenters. The van der Waals surface area contributed by atoms with Crippen LogP contribution in [0.1, 0.15) is 29.8 Å². The quantitative estimate of drug-likeness (QED) is 0.249. The van der Waals surface area contributed by atoms with E-state index < -0.39 is 0 Å². The van der Waals surface area contributed by atoms with Gasteiger partial charge in [-0.2, -0.15) is 0 Å². The molecule has 0 radical (unpaired) electrons. The van der Waals surface area contributed by atoms with E-state index in [9.17, 15) is 4.39 Å². The van der Waals surface area contributed by atoms with E-state index in [0.717, 1.165) is 66.1 Å². The van der Waals surface area contributed by atoms with E-state index in [0.29, 0.717) is 11.2 Å². The van der Waals surface area contributed by atoms with Crippen molar-refractivity contribution >= 4 is 22.3 Å². The summed E-state index contributed by atoms with van der Waals surface area (Å²) in [7, 11) is 0. The number of benzene rings is 4. The van der Waals surface area contributed by atoms with Crippen molar-refractivity contribution in [2.45, 2.75) is 19.4 Å². The highest BCUT2D eigenvalue weighted by atomic mass is 19.1. The van der Waals surface area contributed by atoms with Crippen molar-refractivity contribution in [1.82, 2.24) is 14.9 Å². The standard InChI is InChI=1S/C33H27FN4/c1-35-29-9-5-8-27(20-29)24-10-12-25(13-11-24)32(33-36-30-15-14-28(34)21-31(30)37-33)26-16-18-38(19-17-26)22-23-6-3-2-4-7-23/h2-15,20-21H,16-19,22H2,(H,36,37). The second-order valence-electron chi connectivity index (χ2n) is 9.73. The summed E-state index contributed by atoms with van der Waals surface area (Å²) >= 11 is 0. The Morgan fingerprint density at radius 1 is 0.868 bits per heavy atom. The monoisotopic (exact) mass is 498 g/mol. The first-order chi connectivity index (χ1) is 18.7. The summed E-state index contributed by atoms with van der Waals surface area (Å²) in [5.41, 5.74) is 9.05. The summed E-state index contributed by atoms with van der Waals surface area (Å²) < 4.78 is 13.9. The molecule has 0 aliphatic carbocycles. The SMILES string of the molecule is [C-]#[N+]c1cccc(-c2ccc(C(=C3CCN(Cc4ccccc4)CC3)c3nc4ccc(F)cc4[nH]3)cc2)c1. The van der Waals surface area contributed by atoms with Crippen molar-refractivity contribution in [2.75, 3.05) is 13.1 Å². The molecule has 2 heterocycles. The van der Waals surface area contributed by atoms with Gasteiger partial charge in [-0.3, -0.25) is 4.90 Å². The van der Waals surface area contributed by atoms with E-state index in [4.69, 9.17) is 11.6 Å². The van der Waals surface area contributed by atoms with Crippen LogP contribution in [0, 0.1) is 12.4 Å². The van der Waals surface area contributed by atoms with Gasteiger partial charge in [0.25, 0.3) is 0 Å². The summed E-state index contributed by atoms with van der Waals surface area (Å²) in [5, 5.41) is 0. The molecule has 6 rings (SSSR count). The van der Waals surface area contributed by atoms with E-state index in [1.807, 2.05) is 24.3 Å². The molecule has 4 nitrogen and oxygen atoms in total. The predicted molar refractivity (Wildman–Crippen MR) is 151 cm³/mol. The number of hydrogen-bond donors (Lipinski definition) is 1. The maximum absolute atomic E-state index is 13.9. The molecule has 1 aliphatic rings. The molecule has 1 fully saturated rings. The number of nitrogens with one attached hydrogen (secondary N) is 1. The molecule has 1 aromatic heterocycles. The first-order valence-corrected chi connectivity index (χ1v) is 12.9. The topological polar surface area (TPSA) is 36.3 Å². The van der Waals surface area contributed by atoms with Crippen molar-refractivity contribution in [3.8, 4) is 11.1 Å². The second-order valence-corrected chi connectivity index (χ2v) is 9.73. The van der Waals surface area contributed by atoms with Crippen molar-refractivity contribution in [1.29, 1.82) is 0 Å². The molecule has 0 amide bonds. The van der Waals surface area contributed by atoms with E-state index in [1.165, 1.54) is 23.3 Å². The van der Waals surface area contributed by atoms with Gasteiger partial charge < -0.3 is 4.98 Å². The summed E-state index contributed by atoms with van der Waals surface area (Å²) in [4.78, 5) is 14.3. The van der Waals surface area contributed by atoms with Crippen LogP contribution in [0.3, 0.4) is 0 Å². The van der Waals surface area contributed by atoms with Gasteiger partial charge in [0.1, 0.15) is 11.6 Å². The van der Waals surface area contributed by atoms with Gasteiger partial charge in [-0.1, -0.05) is 78.4 Å². The smallest absolute Gasteiger partial charge is 0.187 e. The molecule has 0 saturated carbocycles. The van der Waals surface area contributed by atoms with Gasteiger partial charge >= 0.3 is 0 Å². The van der Waals surface area contributed by atoms with Crippen LogP contribution in [0.25, 0.3) is 32.6 Å². The molecule has 1 saturated heterocycles. The van der Waals surface area contributed by atoms with E-state index in [2.05, 4.69) is 69.3 Å². The van der Waals surface area contributed by atoms with Crippen LogP contribution in [-0.2, 0) is 6.54 Å². The van der Waals surface area contributed by atoms with Gasteiger partial charge in [0, 0.05) is 25.2 Å². The van der Waals surface area contributed by atoms with Gasteiger partial charge in [-0.25, -0.2) is 14.2 Å². The summed E-state index contributed by atoms with van der Waals surface area (Å²) in [5.74, 6) is 0.502. The molecular formula is C33H27FN4. The molecule has 186 valence electrons. The fraction of sp³-hybridized carbons (Fsp3) is 0.152. The number of likely N-dealkylation sites (tertiary alicyclic amines) is 1. The number of nitrogens with zero attached hydrogens (tertiary/aromatic N) is 3. The maximum atomic E-state index is 13.9. The van der Waals surface area contributed by atoms with Crippen LogP contribution in [0.4, 0.5) is 10.1 Å². The minimum atomic E-state index is -0.276. The van der Waals surface area contributed by atoms with Crippen molar-refractivity contribution in [3.63, 3.8) is 0 Å². The van der Waals surface area contributed by atoms with E-state index in [-0.39, 0.29) is 5.82 Å². The number of imidazole rings is 1. The van der Waals surface area contributed by atoms with Crippen molar-refractivity contribution in [2.24, 2.45) is 0 Å². The minimum absolute atomic E-state index is 0.276. The number of aromatic nitrogens is 2. The molecule has 4 aromatic carbocycles. The Kier molecular flexibility index (Phi) is 6.56. The molecule has 38 heavy (non-hydrogen) atoms. The van der Waals surface area contributed by atoms with Crippen LogP contribution in [0.5, 0.6) is 0 Å². The van der Waals surface area contributed by atoms with Crippen molar-refractivity contribution in [3.05, 3.63) is 137 Å². The normalized spacial score (nSPS) is 13.9. The van der Waals surface area contributed by atoms with Gasteiger partial charge in [0.05, 0.1) is 17.6 Å². The van der Waals surface area contributed by atoms with Crippen LogP contribution in [-0.4, -0.2) is 28.0 Å². The Bertz CT molecular complexity index is 1650. The zero-order chi connectivity index (χ0) is 25.9. The fourth-order valence-electron chi connectivity index (χ4n) is 5.27. The first kappa shape index (κ1) is 23.8. The van der Waals surface area contributed by atoms with Crippen LogP contribution < -0.4 is 0 Å². The Balaban J connectivity index is 1.35. The zero-order valence-electron chi connectivity index (χ0n) is 21.0. The van der Waals surface area contributed by atoms with Crippen LogP contribution >= 0.6 is 0 Å². The lowest BCUT2D eigenvalue weighted by atomic mass is 9.91. The highest BCUT2D eigenvalue weighted by Gasteiger charge is 2.21. The number of hydrogen-bond acceptors (Lipinski definition) is 2. The maximum Gasteiger partial charge on any atom is 0.187 e. The lowest BCUT2D eigenvalue weighted by molar-refractivity contribution is 0.248. The molecule has 5 heteroatoms. The molecule has 0 spiro atoms. The molecule has 1 N–H and O–H groups in total. The lowest BCUT2D eigenvalue weighted by Crippen LogP contribution is -2.30. The molecule has 0 bridgehead atoms. The van der Waals surface area contributed by atoms with Crippen LogP contribution in [0.2, 0.25) is 0 Å². The lowest BCUT2D eigenvalue weighted by Gasteiger charge is -2.30. The average Bonchev–Trinajstić information content (AvgIpc) is 3.37. The number of H-pyrrole nitrogens is 1. The average molecular weight is 499 g/mol. The highest BCUT2D eigenvalue weighted by Crippen LogP contribution is 2.34. The Labute approximate surface area is 221 Å². The van der Waals surface area contributed by atoms with E-state index >= 15 is 0 Å². The third kappa shape index (κ3) is 5.00. The largest absolute Gasteiger partial charge is 0.338 e. The number of rotatable bonds is 5. The summed E-state index contributed by atoms with van der Waals surface area (Å²) in [6, 6.07) is 31.4. The van der Waals surface area contributed by atoms with Crippen molar-refractivity contribution < 1.29 is 4.39 Å². The van der Waals surface area contributed by atoms with Gasteiger partial charge in [0.2, 0.25) is 0 Å². The van der Waals surface area contributed by atoms with Gasteiger partial charge in [0.15, 0.2) is 5.69 Å². The highest BCUT2D eigenvalue weighted by molar-refractivity contribution is 5.85. The number of halogens is 1. The molecule has 0 atom stereocenters. The molecule has 1 aliphatic heterocycles. The zero-order valence-corrected chi connectivity index (χ0v) is 21.0. The number of piperidine rings is 1. The predicted octanol–water partition coefficient (Wildman–Crippen LogP) is 8.02. The Morgan fingerprint density at radius 2 is 1.66 bits per heavy atom. The summed E-state index contributed by atoms with van der Waals surface area (Å²) in [6.45, 7) is 10.2. The third-order valence-electron chi connectivity index (χ3n) is 7.23. The summed E-state index contributed by atoms with van der Waals surface area (Å²) in [6.07, 6.45) is 1.89. The fourth-order valence-corrected chi connectivity index (χ4v) is 5.27. The second kappa shape index (κ2) is 10.5. The molecular weight excluding hydrogens is 471 g/mol. The first-order valence-electron chi connectivity index (χ1n) is 12.9. The van der Waals surface area contributed by atoms with Crippen LogP contribution in [0.15, 0.2) is 103 Å². The number of aromatic amines is 1. The third-order valence-corrected chi connectivity index (χ3v) is 7.23. The van der Waals surface area contributed by atoms with Gasteiger partial charge in [-0.05, 0) is 59.4 Å². The molecule has 5 aromatic rings. The number of fused-ring (bicyclic) bond motifs is 1. The minimum Gasteiger partial charge on any atom is -0.338 e. The van der Waals surface area contributed by atoms with E-state index in [1.54, 1.807) is 6.07 Å². The Hall–Kier alpha value is -4.53. The Morgan fingerprint density at radius 3 is 2.42 bits per heavy atom. The van der Waals surface area contributed by atoms with Gasteiger partial charge in [-0.15, -0.1) is 0 Å².